The van der Waals surface area contributed by atoms with Gasteiger partial charge in [-0.1, -0.05) is 49.4 Å². The zero-order valence-electron chi connectivity index (χ0n) is 12.6. The minimum atomic E-state index is 0.0261. The van der Waals surface area contributed by atoms with Crippen LogP contribution >= 0.6 is 0 Å². The SMILES string of the molecule is CCc1ccccc1CNc1ccccc1CC(=O)NC. The predicted molar refractivity (Wildman–Crippen MR) is 87.4 cm³/mol. The van der Waals surface area contributed by atoms with Crippen molar-refractivity contribution in [3.63, 3.8) is 0 Å². The normalized spacial score (nSPS) is 10.2. The van der Waals surface area contributed by atoms with Gasteiger partial charge in [-0.2, -0.15) is 0 Å². The van der Waals surface area contributed by atoms with E-state index in [1.165, 1.54) is 11.1 Å². The molecule has 2 N–H and O–H groups in total. The van der Waals surface area contributed by atoms with Crippen molar-refractivity contribution >= 4 is 11.6 Å². The number of rotatable bonds is 6. The molecule has 0 fully saturated rings. The summed E-state index contributed by atoms with van der Waals surface area (Å²) in [6, 6.07) is 16.4. The van der Waals surface area contributed by atoms with E-state index in [0.717, 1.165) is 24.2 Å². The van der Waals surface area contributed by atoms with Crippen LogP contribution in [0.15, 0.2) is 48.5 Å². The highest BCUT2D eigenvalue weighted by atomic mass is 16.1. The average molecular weight is 282 g/mol. The molecule has 0 radical (unpaired) electrons. The molecule has 0 unspecified atom stereocenters. The third kappa shape index (κ3) is 4.09. The number of benzene rings is 2. The highest BCUT2D eigenvalue weighted by molar-refractivity contribution is 5.80. The third-order valence-corrected chi connectivity index (χ3v) is 3.62. The number of carbonyl (C=O) groups is 1. The van der Waals surface area contributed by atoms with Gasteiger partial charge in [0.2, 0.25) is 5.91 Å². The van der Waals surface area contributed by atoms with E-state index in [1.807, 2.05) is 24.3 Å². The summed E-state index contributed by atoms with van der Waals surface area (Å²) in [4.78, 5) is 11.6. The summed E-state index contributed by atoms with van der Waals surface area (Å²) < 4.78 is 0. The molecule has 2 rings (SSSR count). The maximum atomic E-state index is 11.6. The van der Waals surface area contributed by atoms with E-state index in [9.17, 15) is 4.79 Å². The van der Waals surface area contributed by atoms with Crippen LogP contribution in [-0.4, -0.2) is 13.0 Å². The van der Waals surface area contributed by atoms with Crippen molar-refractivity contribution < 1.29 is 4.79 Å². The Labute approximate surface area is 126 Å². The second-order valence-electron chi connectivity index (χ2n) is 4.98. The van der Waals surface area contributed by atoms with Gasteiger partial charge in [0.1, 0.15) is 0 Å². The lowest BCUT2D eigenvalue weighted by atomic mass is 10.0. The summed E-state index contributed by atoms with van der Waals surface area (Å²) in [6.07, 6.45) is 1.42. The molecule has 0 atom stereocenters. The van der Waals surface area contributed by atoms with Gasteiger partial charge in [-0.3, -0.25) is 4.79 Å². The fraction of sp³-hybridized carbons (Fsp3) is 0.278. The Hall–Kier alpha value is -2.29. The van der Waals surface area contributed by atoms with Crippen molar-refractivity contribution in [1.29, 1.82) is 0 Å². The number of hydrogen-bond donors (Lipinski definition) is 2. The van der Waals surface area contributed by atoms with E-state index in [0.29, 0.717) is 6.42 Å². The molecule has 0 saturated carbocycles. The highest BCUT2D eigenvalue weighted by Crippen LogP contribution is 2.18. The predicted octanol–water partition coefficient (Wildman–Crippen LogP) is 3.15. The molecular weight excluding hydrogens is 260 g/mol. The van der Waals surface area contributed by atoms with Crippen LogP contribution in [0.1, 0.15) is 23.6 Å². The van der Waals surface area contributed by atoms with Gasteiger partial charge in [-0.05, 0) is 29.2 Å². The standard InChI is InChI=1S/C18H22N2O/c1-3-14-8-4-5-10-16(14)13-20-17-11-7-6-9-15(17)12-18(21)19-2/h4-11,20H,3,12-13H2,1-2H3,(H,19,21). The average Bonchev–Trinajstić information content (AvgIpc) is 2.54. The number of hydrogen-bond acceptors (Lipinski definition) is 2. The fourth-order valence-electron chi connectivity index (χ4n) is 2.37. The Morgan fingerprint density at radius 3 is 2.24 bits per heavy atom. The lowest BCUT2D eigenvalue weighted by molar-refractivity contribution is -0.119. The first-order chi connectivity index (χ1) is 10.2. The summed E-state index contributed by atoms with van der Waals surface area (Å²) in [5.41, 5.74) is 4.70. The van der Waals surface area contributed by atoms with Gasteiger partial charge in [0.25, 0.3) is 0 Å². The molecule has 3 heteroatoms. The minimum absolute atomic E-state index is 0.0261. The number of nitrogens with one attached hydrogen (secondary N) is 2. The van der Waals surface area contributed by atoms with E-state index in [1.54, 1.807) is 7.05 Å². The van der Waals surface area contributed by atoms with E-state index in [-0.39, 0.29) is 5.91 Å². The number of aryl methyl sites for hydroxylation is 1. The molecule has 0 heterocycles. The van der Waals surface area contributed by atoms with Gasteiger partial charge < -0.3 is 10.6 Å². The monoisotopic (exact) mass is 282 g/mol. The molecule has 0 spiro atoms. The van der Waals surface area contributed by atoms with Gasteiger partial charge >= 0.3 is 0 Å². The van der Waals surface area contributed by atoms with Crippen molar-refractivity contribution in [3.05, 3.63) is 65.2 Å². The lowest BCUT2D eigenvalue weighted by Gasteiger charge is -2.13. The van der Waals surface area contributed by atoms with Crippen LogP contribution in [0.3, 0.4) is 0 Å². The molecule has 21 heavy (non-hydrogen) atoms. The fourth-order valence-corrected chi connectivity index (χ4v) is 2.37. The van der Waals surface area contributed by atoms with Crippen LogP contribution < -0.4 is 10.6 Å². The molecule has 0 aliphatic heterocycles. The molecule has 110 valence electrons. The van der Waals surface area contributed by atoms with Gasteiger partial charge in [0, 0.05) is 19.3 Å². The third-order valence-electron chi connectivity index (χ3n) is 3.62. The Morgan fingerprint density at radius 2 is 1.57 bits per heavy atom. The van der Waals surface area contributed by atoms with Crippen LogP contribution in [-0.2, 0) is 24.2 Å². The number of likely N-dealkylation sites (N-methyl/N-ethyl adjacent to an activating group) is 1. The zero-order valence-corrected chi connectivity index (χ0v) is 12.6. The molecule has 0 aliphatic carbocycles. The second-order valence-corrected chi connectivity index (χ2v) is 4.98. The van der Waals surface area contributed by atoms with Gasteiger partial charge in [-0.25, -0.2) is 0 Å². The Morgan fingerprint density at radius 1 is 0.952 bits per heavy atom. The Balaban J connectivity index is 2.11. The first-order valence-electron chi connectivity index (χ1n) is 7.33. The topological polar surface area (TPSA) is 41.1 Å². The summed E-state index contributed by atoms with van der Waals surface area (Å²) in [5.74, 6) is 0.0261. The second kappa shape index (κ2) is 7.48. The van der Waals surface area contributed by atoms with Crippen molar-refractivity contribution in [3.8, 4) is 0 Å². The van der Waals surface area contributed by atoms with E-state index >= 15 is 0 Å². The molecule has 1 amide bonds. The number of carbonyl (C=O) groups excluding carboxylic acids is 1. The van der Waals surface area contributed by atoms with Crippen LogP contribution in [0, 0.1) is 0 Å². The maximum absolute atomic E-state index is 11.6. The van der Waals surface area contributed by atoms with E-state index in [2.05, 4.69) is 41.8 Å². The molecule has 2 aromatic rings. The largest absolute Gasteiger partial charge is 0.381 e. The van der Waals surface area contributed by atoms with E-state index in [4.69, 9.17) is 0 Å². The summed E-state index contributed by atoms with van der Waals surface area (Å²) in [5, 5.41) is 6.12. The van der Waals surface area contributed by atoms with Gasteiger partial charge in [0.05, 0.1) is 6.42 Å². The number of para-hydroxylation sites is 1. The van der Waals surface area contributed by atoms with Crippen molar-refractivity contribution in [1.82, 2.24) is 5.32 Å². The smallest absolute Gasteiger partial charge is 0.224 e. The molecule has 2 aromatic carbocycles. The minimum Gasteiger partial charge on any atom is -0.381 e. The Kier molecular flexibility index (Phi) is 5.38. The molecular formula is C18H22N2O. The molecule has 0 aromatic heterocycles. The summed E-state index contributed by atoms with van der Waals surface area (Å²) in [7, 11) is 1.66. The number of anilines is 1. The van der Waals surface area contributed by atoms with Crippen molar-refractivity contribution in [2.45, 2.75) is 26.3 Å². The first-order valence-corrected chi connectivity index (χ1v) is 7.33. The molecule has 3 nitrogen and oxygen atoms in total. The van der Waals surface area contributed by atoms with Crippen LogP contribution in [0.4, 0.5) is 5.69 Å². The van der Waals surface area contributed by atoms with Gasteiger partial charge in [0.15, 0.2) is 0 Å². The summed E-state index contributed by atoms with van der Waals surface area (Å²) >= 11 is 0. The van der Waals surface area contributed by atoms with Crippen LogP contribution in [0.5, 0.6) is 0 Å². The van der Waals surface area contributed by atoms with Gasteiger partial charge in [-0.15, -0.1) is 0 Å². The quantitative estimate of drug-likeness (QED) is 0.854. The maximum Gasteiger partial charge on any atom is 0.224 e. The van der Waals surface area contributed by atoms with Crippen LogP contribution in [0.25, 0.3) is 0 Å². The van der Waals surface area contributed by atoms with Crippen LogP contribution in [0.2, 0.25) is 0 Å². The number of amides is 1. The molecule has 0 saturated heterocycles. The molecule has 0 aliphatic rings. The molecule has 0 bridgehead atoms. The highest BCUT2D eigenvalue weighted by Gasteiger charge is 2.07. The van der Waals surface area contributed by atoms with Crippen molar-refractivity contribution in [2.24, 2.45) is 0 Å². The zero-order chi connectivity index (χ0) is 15.1. The summed E-state index contributed by atoms with van der Waals surface area (Å²) in [6.45, 7) is 2.94. The van der Waals surface area contributed by atoms with Crippen molar-refractivity contribution in [2.75, 3.05) is 12.4 Å². The lowest BCUT2D eigenvalue weighted by Crippen LogP contribution is -2.20. The Bertz CT molecular complexity index is 608. The van der Waals surface area contributed by atoms with E-state index < -0.39 is 0 Å². The first kappa shape index (κ1) is 15.1.